The smallest absolute Gasteiger partial charge is 0.251 e. The van der Waals surface area contributed by atoms with E-state index in [9.17, 15) is 4.79 Å². The predicted molar refractivity (Wildman–Crippen MR) is 82.5 cm³/mol. The Morgan fingerprint density at radius 1 is 1.26 bits per heavy atom. The number of carbonyl (C=O) groups is 1. The quantitative estimate of drug-likeness (QED) is 0.851. The third-order valence-corrected chi connectivity index (χ3v) is 3.76. The average molecular weight is 290 g/mol. The van der Waals surface area contributed by atoms with Crippen molar-refractivity contribution in [2.24, 2.45) is 5.73 Å². The predicted octanol–water partition coefficient (Wildman–Crippen LogP) is 2.87. The van der Waals surface area contributed by atoms with E-state index < -0.39 is 0 Å². The van der Waals surface area contributed by atoms with Crippen LogP contribution in [0.15, 0.2) is 41.1 Å². The molecule has 1 amide bonds. The monoisotopic (exact) mass is 290 g/mol. The zero-order chi connectivity index (χ0) is 13.8. The lowest BCUT2D eigenvalue weighted by Crippen LogP contribution is -2.26. The first kappa shape index (κ1) is 13.7. The Morgan fingerprint density at radius 3 is 2.42 bits per heavy atom. The first-order valence-corrected chi connectivity index (χ1v) is 7.16. The Morgan fingerprint density at radius 2 is 1.89 bits per heavy atom. The van der Waals surface area contributed by atoms with Crippen molar-refractivity contribution < 1.29 is 4.79 Å². The minimum atomic E-state index is -0.104. The molecule has 0 saturated carbocycles. The van der Waals surface area contributed by atoms with E-state index in [1.807, 2.05) is 23.8 Å². The molecule has 1 atom stereocenters. The molecule has 0 aliphatic heterocycles. The molecule has 1 aromatic carbocycles. The second-order valence-corrected chi connectivity index (χ2v) is 5.41. The number of rotatable bonds is 4. The summed E-state index contributed by atoms with van der Waals surface area (Å²) in [6.07, 6.45) is 0. The highest BCUT2D eigenvalue weighted by atomic mass is 32.1. The van der Waals surface area contributed by atoms with Crippen molar-refractivity contribution in [1.29, 1.82) is 0 Å². The van der Waals surface area contributed by atoms with Crippen LogP contribution in [0.1, 0.15) is 34.5 Å². The van der Waals surface area contributed by atoms with Gasteiger partial charge in [-0.2, -0.15) is 11.3 Å². The van der Waals surface area contributed by atoms with Crippen molar-refractivity contribution in [3.63, 3.8) is 0 Å². The summed E-state index contributed by atoms with van der Waals surface area (Å²) in [5.41, 5.74) is 7.99. The highest BCUT2D eigenvalue weighted by Gasteiger charge is 2.11. The lowest BCUT2D eigenvalue weighted by molar-refractivity contribution is 0.0940. The zero-order valence-electron chi connectivity index (χ0n) is 10.4. The molecule has 3 N–H and O–H groups in total. The van der Waals surface area contributed by atoms with Gasteiger partial charge >= 0.3 is 0 Å². The molecule has 2 rings (SSSR count). The maximum atomic E-state index is 12.1. The van der Waals surface area contributed by atoms with Gasteiger partial charge in [0.25, 0.3) is 5.91 Å². The summed E-state index contributed by atoms with van der Waals surface area (Å²) in [4.78, 5) is 12.4. The van der Waals surface area contributed by atoms with Gasteiger partial charge in [-0.1, -0.05) is 24.4 Å². The lowest BCUT2D eigenvalue weighted by atomic mass is 10.1. The van der Waals surface area contributed by atoms with Crippen LogP contribution < -0.4 is 11.1 Å². The Hall–Kier alpha value is -1.72. The molecular formula is C14H14N2OS2. The minimum absolute atomic E-state index is 0.00555. The second kappa shape index (κ2) is 5.95. The third-order valence-electron chi connectivity index (χ3n) is 2.82. The van der Waals surface area contributed by atoms with Gasteiger partial charge in [0.05, 0.1) is 6.04 Å². The summed E-state index contributed by atoms with van der Waals surface area (Å²) in [6.45, 7) is 1.96. The van der Waals surface area contributed by atoms with Gasteiger partial charge in [-0.25, -0.2) is 0 Å². The van der Waals surface area contributed by atoms with Crippen molar-refractivity contribution in [2.45, 2.75) is 13.0 Å². The molecule has 5 heteroatoms. The van der Waals surface area contributed by atoms with Gasteiger partial charge in [0.1, 0.15) is 4.99 Å². The van der Waals surface area contributed by atoms with Gasteiger partial charge in [0, 0.05) is 11.1 Å². The van der Waals surface area contributed by atoms with Crippen molar-refractivity contribution in [2.75, 3.05) is 0 Å². The molecule has 0 spiro atoms. The Bertz CT molecular complexity index is 576. The van der Waals surface area contributed by atoms with Crippen LogP contribution in [0, 0.1) is 0 Å². The summed E-state index contributed by atoms with van der Waals surface area (Å²) in [5.74, 6) is -0.104. The van der Waals surface area contributed by atoms with Crippen LogP contribution in [-0.4, -0.2) is 10.9 Å². The standard InChI is InChI=1S/C14H14N2OS2/c1-9(12-6-7-19-8-12)16-14(17)11-4-2-10(3-5-11)13(15)18/h2-9H,1H3,(H2,15,18)(H,16,17). The van der Waals surface area contributed by atoms with Crippen molar-refractivity contribution >= 4 is 34.5 Å². The fourth-order valence-corrected chi connectivity index (χ4v) is 2.56. The van der Waals surface area contributed by atoms with Crippen molar-refractivity contribution in [3.05, 3.63) is 57.8 Å². The number of nitrogens with one attached hydrogen (secondary N) is 1. The summed E-state index contributed by atoms with van der Waals surface area (Å²) < 4.78 is 0. The Balaban J connectivity index is 2.05. The van der Waals surface area contributed by atoms with E-state index in [0.29, 0.717) is 10.6 Å². The molecule has 0 bridgehead atoms. The third kappa shape index (κ3) is 3.39. The van der Waals surface area contributed by atoms with E-state index >= 15 is 0 Å². The van der Waals surface area contributed by atoms with E-state index in [-0.39, 0.29) is 11.9 Å². The van der Waals surface area contributed by atoms with E-state index in [1.165, 1.54) is 0 Å². The summed E-state index contributed by atoms with van der Waals surface area (Å²) in [7, 11) is 0. The Kier molecular flexibility index (Phi) is 4.29. The number of benzene rings is 1. The molecule has 1 heterocycles. The van der Waals surface area contributed by atoms with Gasteiger partial charge in [0.15, 0.2) is 0 Å². The van der Waals surface area contributed by atoms with Gasteiger partial charge in [-0.05, 0) is 41.4 Å². The van der Waals surface area contributed by atoms with Crippen LogP contribution in [0.25, 0.3) is 0 Å². The highest BCUT2D eigenvalue weighted by molar-refractivity contribution is 7.80. The molecular weight excluding hydrogens is 276 g/mol. The highest BCUT2D eigenvalue weighted by Crippen LogP contribution is 2.16. The molecule has 1 unspecified atom stereocenters. The molecule has 98 valence electrons. The SMILES string of the molecule is CC(NC(=O)c1ccc(C(N)=S)cc1)c1ccsc1. The molecule has 0 aliphatic carbocycles. The summed E-state index contributed by atoms with van der Waals surface area (Å²) >= 11 is 6.49. The Labute approximate surface area is 121 Å². The molecule has 0 aliphatic rings. The first-order valence-electron chi connectivity index (χ1n) is 5.81. The maximum Gasteiger partial charge on any atom is 0.251 e. The molecule has 0 saturated heterocycles. The molecule has 1 aromatic heterocycles. The molecule has 2 aromatic rings. The van der Waals surface area contributed by atoms with Crippen molar-refractivity contribution in [1.82, 2.24) is 5.32 Å². The number of thiophene rings is 1. The van der Waals surface area contributed by atoms with Crippen LogP contribution >= 0.6 is 23.6 Å². The largest absolute Gasteiger partial charge is 0.389 e. The number of nitrogens with two attached hydrogens (primary N) is 1. The number of amides is 1. The fourth-order valence-electron chi connectivity index (χ4n) is 1.67. The average Bonchev–Trinajstić information content (AvgIpc) is 2.92. The van der Waals surface area contributed by atoms with E-state index in [4.69, 9.17) is 18.0 Å². The topological polar surface area (TPSA) is 55.1 Å². The van der Waals surface area contributed by atoms with Gasteiger partial charge < -0.3 is 11.1 Å². The molecule has 19 heavy (non-hydrogen) atoms. The number of carbonyl (C=O) groups excluding carboxylic acids is 1. The summed E-state index contributed by atoms with van der Waals surface area (Å²) in [6, 6.07) is 8.97. The van der Waals surface area contributed by atoms with Crippen LogP contribution in [-0.2, 0) is 0 Å². The maximum absolute atomic E-state index is 12.1. The van der Waals surface area contributed by atoms with E-state index in [2.05, 4.69) is 5.32 Å². The van der Waals surface area contributed by atoms with Gasteiger partial charge in [-0.3, -0.25) is 4.79 Å². The first-order chi connectivity index (χ1) is 9.08. The van der Waals surface area contributed by atoms with E-state index in [1.54, 1.807) is 35.6 Å². The lowest BCUT2D eigenvalue weighted by Gasteiger charge is -2.12. The normalized spacial score (nSPS) is 11.8. The van der Waals surface area contributed by atoms with Crippen LogP contribution in [0.2, 0.25) is 0 Å². The van der Waals surface area contributed by atoms with Crippen LogP contribution in [0.5, 0.6) is 0 Å². The van der Waals surface area contributed by atoms with Crippen LogP contribution in [0.3, 0.4) is 0 Å². The van der Waals surface area contributed by atoms with E-state index in [0.717, 1.165) is 11.1 Å². The second-order valence-electron chi connectivity index (χ2n) is 4.19. The van der Waals surface area contributed by atoms with Gasteiger partial charge in [-0.15, -0.1) is 0 Å². The molecule has 3 nitrogen and oxygen atoms in total. The minimum Gasteiger partial charge on any atom is -0.389 e. The zero-order valence-corrected chi connectivity index (χ0v) is 12.1. The number of thiocarbonyl (C=S) groups is 1. The fraction of sp³-hybridized carbons (Fsp3) is 0.143. The number of hydrogen-bond acceptors (Lipinski definition) is 3. The van der Waals surface area contributed by atoms with Crippen molar-refractivity contribution in [3.8, 4) is 0 Å². The molecule has 0 fully saturated rings. The number of hydrogen-bond donors (Lipinski definition) is 2. The summed E-state index contributed by atoms with van der Waals surface area (Å²) in [5, 5.41) is 6.97. The van der Waals surface area contributed by atoms with Crippen LogP contribution in [0.4, 0.5) is 0 Å². The molecule has 0 radical (unpaired) electrons. The van der Waals surface area contributed by atoms with Gasteiger partial charge in [0.2, 0.25) is 0 Å².